The van der Waals surface area contributed by atoms with E-state index >= 15 is 0 Å². The van der Waals surface area contributed by atoms with Crippen LogP contribution in [0.3, 0.4) is 0 Å². The average molecular weight is 320 g/mol. The highest BCUT2D eigenvalue weighted by Crippen LogP contribution is 2.23. The molecule has 1 aromatic carbocycles. The molecular weight excluding hydrogens is 296 g/mol. The Hall–Kier alpha value is -2.08. The highest BCUT2D eigenvalue weighted by molar-refractivity contribution is 5.90. The van der Waals surface area contributed by atoms with E-state index in [0.29, 0.717) is 13.1 Å². The van der Waals surface area contributed by atoms with Crippen LogP contribution in [0.5, 0.6) is 5.75 Å². The number of aromatic carboxylic acids is 1. The highest BCUT2D eigenvalue weighted by atomic mass is 16.4. The summed E-state index contributed by atoms with van der Waals surface area (Å²) in [6, 6.07) is 4.44. The second-order valence-corrected chi connectivity index (χ2v) is 6.04. The molecule has 0 radical (unpaired) electrons. The number of hydrogen-bond acceptors (Lipinski definition) is 4. The van der Waals surface area contributed by atoms with Crippen LogP contribution in [0.1, 0.15) is 42.1 Å². The number of carbonyl (C=O) groups is 2. The molecule has 1 amide bonds. The Bertz CT molecular complexity index is 588. The van der Waals surface area contributed by atoms with E-state index in [9.17, 15) is 14.7 Å². The maximum Gasteiger partial charge on any atom is 0.339 e. The molecule has 1 aromatic rings. The highest BCUT2D eigenvalue weighted by Gasteiger charge is 2.32. The molecular formula is C17H24N2O4. The van der Waals surface area contributed by atoms with Crippen molar-refractivity contribution in [2.45, 2.75) is 38.8 Å². The molecule has 2 rings (SSSR count). The Balaban J connectivity index is 2.17. The summed E-state index contributed by atoms with van der Waals surface area (Å²) in [6.45, 7) is 4.04. The second kappa shape index (κ2) is 7.46. The number of carboxylic acids is 1. The van der Waals surface area contributed by atoms with Gasteiger partial charge in [-0.2, -0.15) is 0 Å². The first-order chi connectivity index (χ1) is 10.9. The van der Waals surface area contributed by atoms with Gasteiger partial charge < -0.3 is 15.1 Å². The van der Waals surface area contributed by atoms with E-state index < -0.39 is 5.97 Å². The molecule has 6 heteroatoms. The number of rotatable bonds is 6. The topological polar surface area (TPSA) is 81.1 Å². The van der Waals surface area contributed by atoms with E-state index in [1.807, 2.05) is 7.05 Å². The van der Waals surface area contributed by atoms with Crippen LogP contribution >= 0.6 is 0 Å². The molecule has 1 saturated heterocycles. The molecule has 6 nitrogen and oxygen atoms in total. The van der Waals surface area contributed by atoms with E-state index in [2.05, 4.69) is 11.8 Å². The lowest BCUT2D eigenvalue weighted by molar-refractivity contribution is -0.140. The van der Waals surface area contributed by atoms with Crippen molar-refractivity contribution < 1.29 is 19.8 Å². The smallest absolute Gasteiger partial charge is 0.339 e. The maximum atomic E-state index is 12.4. The van der Waals surface area contributed by atoms with Crippen LogP contribution in [0.15, 0.2) is 18.2 Å². The van der Waals surface area contributed by atoms with Crippen molar-refractivity contribution >= 4 is 11.9 Å². The molecule has 2 N–H and O–H groups in total. The number of aromatic hydroxyl groups is 1. The fraction of sp³-hybridized carbons (Fsp3) is 0.529. The number of nitrogens with zero attached hydrogens (tertiary/aromatic N) is 2. The molecule has 0 saturated carbocycles. The first kappa shape index (κ1) is 17.3. The molecule has 126 valence electrons. The van der Waals surface area contributed by atoms with Gasteiger partial charge in [-0.3, -0.25) is 9.69 Å². The van der Waals surface area contributed by atoms with Crippen LogP contribution in [-0.2, 0) is 11.3 Å². The van der Waals surface area contributed by atoms with Gasteiger partial charge in [0.15, 0.2) is 0 Å². The molecule has 0 aromatic heterocycles. The van der Waals surface area contributed by atoms with Crippen LogP contribution in [0.25, 0.3) is 0 Å². The van der Waals surface area contributed by atoms with Gasteiger partial charge >= 0.3 is 5.97 Å². The monoisotopic (exact) mass is 320 g/mol. The Labute approximate surface area is 136 Å². The summed E-state index contributed by atoms with van der Waals surface area (Å²) in [5.74, 6) is -1.26. The van der Waals surface area contributed by atoms with Crippen molar-refractivity contribution in [3.8, 4) is 5.75 Å². The Morgan fingerprint density at radius 3 is 2.74 bits per heavy atom. The number of carboxylic acid groups (broad SMARTS) is 1. The quantitative estimate of drug-likeness (QED) is 0.837. The van der Waals surface area contributed by atoms with Gasteiger partial charge in [0.1, 0.15) is 11.3 Å². The van der Waals surface area contributed by atoms with E-state index in [-0.39, 0.29) is 23.3 Å². The molecule has 0 spiro atoms. The lowest BCUT2D eigenvalue weighted by Crippen LogP contribution is -2.55. The van der Waals surface area contributed by atoms with E-state index in [4.69, 9.17) is 5.11 Å². The standard InChI is InChI=1S/C17H24N2O4/c1-3-4-5-14-16(21)18(2)8-9-19(14)11-12-6-7-15(20)13(10-12)17(22)23/h6-7,10,14,20H,3-5,8-9,11H2,1-2H3,(H,22,23). The number of piperazine rings is 1. The fourth-order valence-electron chi connectivity index (χ4n) is 2.94. The molecule has 1 aliphatic heterocycles. The van der Waals surface area contributed by atoms with Gasteiger partial charge in [-0.25, -0.2) is 4.79 Å². The summed E-state index contributed by atoms with van der Waals surface area (Å²) in [4.78, 5) is 27.4. The predicted molar refractivity (Wildman–Crippen MR) is 86.4 cm³/mol. The van der Waals surface area contributed by atoms with E-state index in [1.165, 1.54) is 12.1 Å². The summed E-state index contributed by atoms with van der Waals surface area (Å²) in [6.07, 6.45) is 2.82. The molecule has 0 bridgehead atoms. The number of amides is 1. The summed E-state index contributed by atoms with van der Waals surface area (Å²) in [5.41, 5.74) is 0.687. The van der Waals surface area contributed by atoms with Crippen molar-refractivity contribution in [1.29, 1.82) is 0 Å². The zero-order valence-corrected chi connectivity index (χ0v) is 13.7. The van der Waals surface area contributed by atoms with Crippen molar-refractivity contribution in [3.05, 3.63) is 29.3 Å². The number of phenols is 1. The van der Waals surface area contributed by atoms with Gasteiger partial charge in [0, 0.05) is 26.7 Å². The van der Waals surface area contributed by atoms with Crippen LogP contribution in [0.2, 0.25) is 0 Å². The summed E-state index contributed by atoms with van der Waals surface area (Å²) < 4.78 is 0. The summed E-state index contributed by atoms with van der Waals surface area (Å²) in [7, 11) is 1.82. The molecule has 0 aliphatic carbocycles. The molecule has 1 atom stereocenters. The minimum atomic E-state index is -1.15. The third-order valence-electron chi connectivity index (χ3n) is 4.33. The second-order valence-electron chi connectivity index (χ2n) is 6.04. The maximum absolute atomic E-state index is 12.4. The third kappa shape index (κ3) is 4.01. The molecule has 1 unspecified atom stereocenters. The molecule has 1 fully saturated rings. The van der Waals surface area contributed by atoms with Crippen LogP contribution in [0, 0.1) is 0 Å². The lowest BCUT2D eigenvalue weighted by Gasteiger charge is -2.39. The van der Waals surface area contributed by atoms with Gasteiger partial charge in [-0.05, 0) is 24.1 Å². The number of likely N-dealkylation sites (N-methyl/N-ethyl adjacent to an activating group) is 1. The Kier molecular flexibility index (Phi) is 5.60. The van der Waals surface area contributed by atoms with Crippen LogP contribution < -0.4 is 0 Å². The number of hydrogen-bond donors (Lipinski definition) is 2. The van der Waals surface area contributed by atoms with Gasteiger partial charge in [-0.15, -0.1) is 0 Å². The number of benzene rings is 1. The van der Waals surface area contributed by atoms with Gasteiger partial charge in [0.05, 0.1) is 6.04 Å². The van der Waals surface area contributed by atoms with Crippen molar-refractivity contribution in [1.82, 2.24) is 9.80 Å². The molecule has 23 heavy (non-hydrogen) atoms. The van der Waals surface area contributed by atoms with Gasteiger partial charge in [0.25, 0.3) is 0 Å². The lowest BCUT2D eigenvalue weighted by atomic mass is 10.0. The fourth-order valence-corrected chi connectivity index (χ4v) is 2.94. The van der Waals surface area contributed by atoms with E-state index in [0.717, 1.165) is 31.4 Å². The average Bonchev–Trinajstić information content (AvgIpc) is 2.52. The number of carbonyl (C=O) groups excluding carboxylic acids is 1. The molecule has 1 aliphatic rings. The normalized spacial score (nSPS) is 19.1. The largest absolute Gasteiger partial charge is 0.507 e. The summed E-state index contributed by atoms with van der Waals surface area (Å²) in [5, 5.41) is 18.7. The minimum absolute atomic E-state index is 0.104. The van der Waals surface area contributed by atoms with Crippen molar-refractivity contribution in [2.24, 2.45) is 0 Å². The first-order valence-electron chi connectivity index (χ1n) is 7.98. The zero-order chi connectivity index (χ0) is 17.0. The Morgan fingerprint density at radius 1 is 1.35 bits per heavy atom. The predicted octanol–water partition coefficient (Wildman–Crippen LogP) is 1.92. The van der Waals surface area contributed by atoms with Crippen molar-refractivity contribution in [3.63, 3.8) is 0 Å². The van der Waals surface area contributed by atoms with Gasteiger partial charge in [0.2, 0.25) is 5.91 Å². The Morgan fingerprint density at radius 2 is 2.09 bits per heavy atom. The third-order valence-corrected chi connectivity index (χ3v) is 4.33. The van der Waals surface area contributed by atoms with Gasteiger partial charge in [-0.1, -0.05) is 25.8 Å². The SMILES string of the molecule is CCCCC1C(=O)N(C)CCN1Cc1ccc(O)c(C(=O)O)c1. The number of unbranched alkanes of at least 4 members (excludes halogenated alkanes) is 1. The first-order valence-corrected chi connectivity index (χ1v) is 7.98. The zero-order valence-electron chi connectivity index (χ0n) is 13.7. The molecule has 1 heterocycles. The summed E-state index contributed by atoms with van der Waals surface area (Å²) >= 11 is 0. The minimum Gasteiger partial charge on any atom is -0.507 e. The van der Waals surface area contributed by atoms with Crippen molar-refractivity contribution in [2.75, 3.05) is 20.1 Å². The van der Waals surface area contributed by atoms with E-state index in [1.54, 1.807) is 11.0 Å². The van der Waals surface area contributed by atoms with Crippen LogP contribution in [-0.4, -0.2) is 58.1 Å². The van der Waals surface area contributed by atoms with Crippen LogP contribution in [0.4, 0.5) is 0 Å².